The van der Waals surface area contributed by atoms with Crippen molar-refractivity contribution in [3.8, 4) is 0 Å². The lowest BCUT2D eigenvalue weighted by molar-refractivity contribution is -0.137. The first-order valence-corrected chi connectivity index (χ1v) is 10.5. The number of halogens is 1. The van der Waals surface area contributed by atoms with Crippen molar-refractivity contribution in [2.75, 3.05) is 0 Å². The second-order valence-corrected chi connectivity index (χ2v) is 8.04. The molecule has 4 rings (SSSR count). The Morgan fingerprint density at radius 3 is 2.48 bits per heavy atom. The average molecular weight is 436 g/mol. The number of aryl methyl sites for hydroxylation is 1. The average Bonchev–Trinajstić information content (AvgIpc) is 3.13. The molecule has 4 aromatic rings. The smallest absolute Gasteiger partial charge is 0.304 e. The fourth-order valence-electron chi connectivity index (χ4n) is 4.01. The molecule has 0 saturated heterocycles. The number of fused-ring (bicyclic) bond motifs is 3. The van der Waals surface area contributed by atoms with E-state index >= 15 is 0 Å². The van der Waals surface area contributed by atoms with Crippen LogP contribution in [0.1, 0.15) is 30.4 Å². The van der Waals surface area contributed by atoms with Crippen molar-refractivity contribution in [1.82, 2.24) is 0 Å². The molecule has 6 heteroatoms. The number of hydrogen-bond donors (Lipinski definition) is 2. The fraction of sp³-hybridized carbons (Fsp3) is 0.200. The summed E-state index contributed by atoms with van der Waals surface area (Å²) in [5, 5.41) is 25.3. The molecule has 0 fully saturated rings. The third kappa shape index (κ3) is 4.72. The van der Waals surface area contributed by atoms with Gasteiger partial charge in [-0.15, -0.1) is 0 Å². The lowest BCUT2D eigenvalue weighted by Gasteiger charge is -2.17. The Hall–Kier alpha value is -3.31. The van der Waals surface area contributed by atoms with Crippen molar-refractivity contribution in [3.05, 3.63) is 82.9 Å². The van der Waals surface area contributed by atoms with Crippen LogP contribution in [-0.2, 0) is 11.2 Å². The predicted octanol–water partition coefficient (Wildman–Crippen LogP) is 6.53. The molecule has 0 radical (unpaired) electrons. The number of aliphatic carboxylic acids is 1. The number of furan rings is 1. The van der Waals surface area contributed by atoms with Crippen molar-refractivity contribution in [1.29, 1.82) is 0 Å². The summed E-state index contributed by atoms with van der Waals surface area (Å²) in [6.07, 6.45) is 2.02. The van der Waals surface area contributed by atoms with E-state index in [1.54, 1.807) is 0 Å². The molecule has 0 aliphatic carbocycles. The van der Waals surface area contributed by atoms with Crippen LogP contribution in [0.4, 0.5) is 0 Å². The number of benzene rings is 3. The Balaban J connectivity index is 1.59. The largest absolute Gasteiger partial charge is 0.481 e. The number of para-hydroxylation sites is 1. The van der Waals surface area contributed by atoms with E-state index in [1.807, 2.05) is 66.7 Å². The maximum absolute atomic E-state index is 11.5. The Labute approximate surface area is 184 Å². The van der Waals surface area contributed by atoms with Crippen LogP contribution >= 0.6 is 11.6 Å². The zero-order valence-corrected chi connectivity index (χ0v) is 17.5. The lowest BCUT2D eigenvalue weighted by atomic mass is 9.88. The molecule has 158 valence electrons. The normalized spacial score (nSPS) is 13.0. The molecule has 0 saturated carbocycles. The van der Waals surface area contributed by atoms with Gasteiger partial charge in [-0.25, -0.2) is 0 Å². The van der Waals surface area contributed by atoms with E-state index < -0.39 is 11.9 Å². The van der Waals surface area contributed by atoms with E-state index in [0.717, 1.165) is 40.3 Å². The minimum absolute atomic E-state index is 0.107. The van der Waals surface area contributed by atoms with Gasteiger partial charge in [0, 0.05) is 27.3 Å². The standard InChI is InChI=1S/C25H22ClNO4/c26-19-11-8-16(9-12-19)4-3-5-17(15-24(28)29)25(27-30)18-10-13-23-21(14-18)20-6-1-2-7-22(20)31-23/h1-2,6-14,17,30H,3-5,15H2,(H,28,29). The highest BCUT2D eigenvalue weighted by Crippen LogP contribution is 2.31. The Morgan fingerprint density at radius 1 is 1.00 bits per heavy atom. The van der Waals surface area contributed by atoms with Crippen LogP contribution in [0.2, 0.25) is 5.02 Å². The van der Waals surface area contributed by atoms with Crippen LogP contribution in [0.15, 0.2) is 76.3 Å². The number of oxime groups is 1. The molecule has 2 N–H and O–H groups in total. The molecule has 0 bridgehead atoms. The van der Waals surface area contributed by atoms with Crippen LogP contribution in [0.5, 0.6) is 0 Å². The van der Waals surface area contributed by atoms with Crippen LogP contribution in [0.3, 0.4) is 0 Å². The van der Waals surface area contributed by atoms with Crippen LogP contribution in [0.25, 0.3) is 21.9 Å². The van der Waals surface area contributed by atoms with E-state index in [1.165, 1.54) is 0 Å². The molecule has 0 aliphatic heterocycles. The number of nitrogens with zero attached hydrogens (tertiary/aromatic N) is 1. The van der Waals surface area contributed by atoms with Gasteiger partial charge >= 0.3 is 5.97 Å². The Bertz CT molecular complexity index is 1240. The molecular weight excluding hydrogens is 414 g/mol. The number of hydrogen-bond acceptors (Lipinski definition) is 4. The lowest BCUT2D eigenvalue weighted by Crippen LogP contribution is -2.20. The topological polar surface area (TPSA) is 83.0 Å². The van der Waals surface area contributed by atoms with E-state index in [9.17, 15) is 15.1 Å². The number of rotatable bonds is 8. The van der Waals surface area contributed by atoms with Gasteiger partial charge in [0.15, 0.2) is 0 Å². The highest BCUT2D eigenvalue weighted by molar-refractivity contribution is 6.30. The number of carboxylic acids is 1. The second kappa shape index (κ2) is 9.23. The molecule has 1 aromatic heterocycles. The summed E-state index contributed by atoms with van der Waals surface area (Å²) in [6, 6.07) is 20.9. The molecule has 0 amide bonds. The third-order valence-corrected chi connectivity index (χ3v) is 5.77. The van der Waals surface area contributed by atoms with Crippen molar-refractivity contribution >= 4 is 45.2 Å². The zero-order chi connectivity index (χ0) is 21.8. The first-order chi connectivity index (χ1) is 15.0. The van der Waals surface area contributed by atoms with E-state index in [-0.39, 0.29) is 6.42 Å². The molecule has 1 unspecified atom stereocenters. The van der Waals surface area contributed by atoms with Gasteiger partial charge in [-0.05, 0) is 61.2 Å². The van der Waals surface area contributed by atoms with E-state index in [2.05, 4.69) is 5.16 Å². The summed E-state index contributed by atoms with van der Waals surface area (Å²) in [4.78, 5) is 11.5. The summed E-state index contributed by atoms with van der Waals surface area (Å²) in [5.41, 5.74) is 3.72. The summed E-state index contributed by atoms with van der Waals surface area (Å²) in [7, 11) is 0. The molecule has 31 heavy (non-hydrogen) atoms. The first-order valence-electron chi connectivity index (χ1n) is 10.1. The van der Waals surface area contributed by atoms with Gasteiger partial charge in [0.1, 0.15) is 11.2 Å². The highest BCUT2D eigenvalue weighted by Gasteiger charge is 2.22. The van der Waals surface area contributed by atoms with Crippen molar-refractivity contribution in [2.45, 2.75) is 25.7 Å². The van der Waals surface area contributed by atoms with Crippen LogP contribution < -0.4 is 0 Å². The molecule has 1 heterocycles. The zero-order valence-electron chi connectivity index (χ0n) is 16.8. The van der Waals surface area contributed by atoms with E-state index in [0.29, 0.717) is 22.7 Å². The molecule has 5 nitrogen and oxygen atoms in total. The molecule has 3 aromatic carbocycles. The number of carboxylic acid groups (broad SMARTS) is 1. The summed E-state index contributed by atoms with van der Waals surface area (Å²) in [6.45, 7) is 0. The molecule has 0 aliphatic rings. The molecule has 0 spiro atoms. The summed E-state index contributed by atoms with van der Waals surface area (Å²) < 4.78 is 5.86. The van der Waals surface area contributed by atoms with Crippen molar-refractivity contribution in [2.24, 2.45) is 11.1 Å². The molecular formula is C25H22ClNO4. The van der Waals surface area contributed by atoms with Gasteiger partial charge < -0.3 is 14.7 Å². The minimum Gasteiger partial charge on any atom is -0.481 e. The van der Waals surface area contributed by atoms with Gasteiger partial charge in [-0.3, -0.25) is 4.79 Å². The van der Waals surface area contributed by atoms with E-state index in [4.69, 9.17) is 16.0 Å². The van der Waals surface area contributed by atoms with Crippen LogP contribution in [0, 0.1) is 5.92 Å². The number of carbonyl (C=O) groups is 1. The third-order valence-electron chi connectivity index (χ3n) is 5.52. The van der Waals surface area contributed by atoms with Crippen molar-refractivity contribution in [3.63, 3.8) is 0 Å². The maximum Gasteiger partial charge on any atom is 0.304 e. The highest BCUT2D eigenvalue weighted by atomic mass is 35.5. The quantitative estimate of drug-likeness (QED) is 0.187. The van der Waals surface area contributed by atoms with Gasteiger partial charge in [-0.1, -0.05) is 47.1 Å². The molecule has 1 atom stereocenters. The first kappa shape index (κ1) is 20.9. The fourth-order valence-corrected chi connectivity index (χ4v) is 4.14. The van der Waals surface area contributed by atoms with Gasteiger partial charge in [0.05, 0.1) is 12.1 Å². The Morgan fingerprint density at radius 2 is 1.74 bits per heavy atom. The predicted molar refractivity (Wildman–Crippen MR) is 122 cm³/mol. The Kier molecular flexibility index (Phi) is 6.23. The van der Waals surface area contributed by atoms with Crippen molar-refractivity contribution < 1.29 is 19.5 Å². The summed E-state index contributed by atoms with van der Waals surface area (Å²) >= 11 is 5.94. The monoisotopic (exact) mass is 435 g/mol. The maximum atomic E-state index is 11.5. The van der Waals surface area contributed by atoms with Crippen LogP contribution in [-0.4, -0.2) is 22.0 Å². The van der Waals surface area contributed by atoms with Gasteiger partial charge in [-0.2, -0.15) is 0 Å². The van der Waals surface area contributed by atoms with Gasteiger partial charge in [0.2, 0.25) is 0 Å². The second-order valence-electron chi connectivity index (χ2n) is 7.61. The minimum atomic E-state index is -0.924. The summed E-state index contributed by atoms with van der Waals surface area (Å²) in [5.74, 6) is -1.34. The SMILES string of the molecule is O=C(O)CC(CCCc1ccc(Cl)cc1)C(=NO)c1ccc2oc3ccccc3c2c1. The van der Waals surface area contributed by atoms with Gasteiger partial charge in [0.25, 0.3) is 0 Å².